The summed E-state index contributed by atoms with van der Waals surface area (Å²) in [7, 11) is 2.12. The van der Waals surface area contributed by atoms with Crippen LogP contribution in [-0.4, -0.2) is 44.2 Å². The summed E-state index contributed by atoms with van der Waals surface area (Å²) in [6, 6.07) is 5.97. The monoisotopic (exact) mass is 277 g/mol. The van der Waals surface area contributed by atoms with E-state index in [1.54, 1.807) is 0 Å². The standard InChI is InChI=1S/C16H27N3O/c1-13(2)20-16-11-14(17)10-15(12-16)18(3)8-9-19-6-4-5-7-19/h10-13H,4-9,17H2,1-3H3. The minimum Gasteiger partial charge on any atom is -0.491 e. The number of nitrogens with two attached hydrogens (primary N) is 1. The summed E-state index contributed by atoms with van der Waals surface area (Å²) < 4.78 is 5.75. The van der Waals surface area contributed by atoms with Crippen LogP contribution in [0.1, 0.15) is 26.7 Å². The molecule has 4 heteroatoms. The van der Waals surface area contributed by atoms with Crippen molar-refractivity contribution in [2.24, 2.45) is 0 Å². The molecule has 1 saturated heterocycles. The van der Waals surface area contributed by atoms with E-state index >= 15 is 0 Å². The lowest BCUT2D eigenvalue weighted by molar-refractivity contribution is 0.242. The van der Waals surface area contributed by atoms with Crippen LogP contribution in [0.15, 0.2) is 18.2 Å². The van der Waals surface area contributed by atoms with Gasteiger partial charge in [-0.2, -0.15) is 0 Å². The lowest BCUT2D eigenvalue weighted by Crippen LogP contribution is -2.31. The average molecular weight is 277 g/mol. The van der Waals surface area contributed by atoms with Gasteiger partial charge < -0.3 is 20.3 Å². The maximum absolute atomic E-state index is 5.97. The van der Waals surface area contributed by atoms with Gasteiger partial charge in [-0.1, -0.05) is 0 Å². The highest BCUT2D eigenvalue weighted by molar-refractivity contribution is 5.60. The van der Waals surface area contributed by atoms with Crippen molar-refractivity contribution < 1.29 is 4.74 Å². The number of hydrogen-bond donors (Lipinski definition) is 1. The average Bonchev–Trinajstić information content (AvgIpc) is 2.87. The third-order valence-electron chi connectivity index (χ3n) is 3.68. The van der Waals surface area contributed by atoms with Crippen molar-refractivity contribution in [2.75, 3.05) is 43.9 Å². The molecule has 0 atom stereocenters. The zero-order valence-corrected chi connectivity index (χ0v) is 12.9. The number of anilines is 2. The number of benzene rings is 1. The molecular formula is C16H27N3O. The Kier molecular flexibility index (Phi) is 5.12. The second-order valence-corrected chi connectivity index (χ2v) is 5.90. The van der Waals surface area contributed by atoms with Crippen LogP contribution in [-0.2, 0) is 0 Å². The van der Waals surface area contributed by atoms with Gasteiger partial charge in [0.2, 0.25) is 0 Å². The van der Waals surface area contributed by atoms with E-state index in [2.05, 4.69) is 22.9 Å². The molecule has 0 amide bonds. The maximum Gasteiger partial charge on any atom is 0.123 e. The van der Waals surface area contributed by atoms with Crippen molar-refractivity contribution in [1.29, 1.82) is 0 Å². The fourth-order valence-electron chi connectivity index (χ4n) is 2.59. The molecule has 1 aromatic rings. The molecule has 1 fully saturated rings. The molecule has 0 bridgehead atoms. The third kappa shape index (κ3) is 4.30. The Bertz CT molecular complexity index is 428. The van der Waals surface area contributed by atoms with Crippen molar-refractivity contribution in [1.82, 2.24) is 4.90 Å². The Morgan fingerprint density at radius 2 is 1.95 bits per heavy atom. The molecule has 0 spiro atoms. The number of ether oxygens (including phenoxy) is 1. The first kappa shape index (κ1) is 15.0. The Hall–Kier alpha value is -1.42. The number of nitrogen functional groups attached to an aromatic ring is 1. The second kappa shape index (κ2) is 6.84. The smallest absolute Gasteiger partial charge is 0.123 e. The molecule has 0 aliphatic carbocycles. The number of nitrogens with zero attached hydrogens (tertiary/aromatic N) is 2. The molecule has 112 valence electrons. The van der Waals surface area contributed by atoms with Crippen molar-refractivity contribution in [2.45, 2.75) is 32.8 Å². The highest BCUT2D eigenvalue weighted by Gasteiger charge is 2.12. The van der Waals surface area contributed by atoms with Crippen LogP contribution in [0.5, 0.6) is 5.75 Å². The Balaban J connectivity index is 1.96. The Labute approximate surface area is 122 Å². The van der Waals surface area contributed by atoms with Gasteiger partial charge in [-0.15, -0.1) is 0 Å². The van der Waals surface area contributed by atoms with Gasteiger partial charge in [-0.25, -0.2) is 0 Å². The summed E-state index contributed by atoms with van der Waals surface area (Å²) in [5.41, 5.74) is 7.85. The number of likely N-dealkylation sites (tertiary alicyclic amines) is 1. The first-order chi connectivity index (χ1) is 9.54. The van der Waals surface area contributed by atoms with Crippen LogP contribution in [0, 0.1) is 0 Å². The zero-order valence-electron chi connectivity index (χ0n) is 12.9. The molecule has 4 nitrogen and oxygen atoms in total. The fraction of sp³-hybridized carbons (Fsp3) is 0.625. The van der Waals surface area contributed by atoms with E-state index in [0.29, 0.717) is 0 Å². The molecule has 1 aliphatic rings. The molecule has 0 saturated carbocycles. The summed E-state index contributed by atoms with van der Waals surface area (Å²) in [5.74, 6) is 0.850. The molecule has 0 radical (unpaired) electrons. The highest BCUT2D eigenvalue weighted by Crippen LogP contribution is 2.25. The first-order valence-corrected chi connectivity index (χ1v) is 7.55. The van der Waals surface area contributed by atoms with Gasteiger partial charge in [0.15, 0.2) is 0 Å². The van der Waals surface area contributed by atoms with E-state index in [4.69, 9.17) is 10.5 Å². The molecule has 0 unspecified atom stereocenters. The zero-order chi connectivity index (χ0) is 14.5. The van der Waals surface area contributed by atoms with E-state index in [1.807, 2.05) is 26.0 Å². The highest BCUT2D eigenvalue weighted by atomic mass is 16.5. The molecule has 2 N–H and O–H groups in total. The van der Waals surface area contributed by atoms with Crippen LogP contribution in [0.4, 0.5) is 11.4 Å². The Morgan fingerprint density at radius 1 is 1.25 bits per heavy atom. The lowest BCUT2D eigenvalue weighted by atomic mass is 10.2. The molecular weight excluding hydrogens is 250 g/mol. The van der Waals surface area contributed by atoms with Gasteiger partial charge in [-0.05, 0) is 45.8 Å². The van der Waals surface area contributed by atoms with Gasteiger partial charge >= 0.3 is 0 Å². The molecule has 1 heterocycles. The van der Waals surface area contributed by atoms with Crippen LogP contribution in [0.2, 0.25) is 0 Å². The normalized spacial score (nSPS) is 15.8. The van der Waals surface area contributed by atoms with Gasteiger partial charge in [0.05, 0.1) is 6.10 Å². The van der Waals surface area contributed by atoms with Gasteiger partial charge in [0.25, 0.3) is 0 Å². The van der Waals surface area contributed by atoms with Crippen LogP contribution >= 0.6 is 0 Å². The minimum absolute atomic E-state index is 0.166. The quantitative estimate of drug-likeness (QED) is 0.812. The first-order valence-electron chi connectivity index (χ1n) is 7.55. The lowest BCUT2D eigenvalue weighted by Gasteiger charge is -2.24. The van der Waals surface area contributed by atoms with Gasteiger partial charge in [0.1, 0.15) is 5.75 Å². The maximum atomic E-state index is 5.97. The van der Waals surface area contributed by atoms with Crippen LogP contribution in [0.25, 0.3) is 0 Å². The van der Waals surface area contributed by atoms with E-state index in [0.717, 1.165) is 30.2 Å². The number of rotatable bonds is 6. The number of hydrogen-bond acceptors (Lipinski definition) is 4. The SMILES string of the molecule is CC(C)Oc1cc(N)cc(N(C)CCN2CCCC2)c1. The van der Waals surface area contributed by atoms with Gasteiger partial charge in [0, 0.05) is 43.6 Å². The third-order valence-corrected chi connectivity index (χ3v) is 3.68. The van der Waals surface area contributed by atoms with Crippen molar-refractivity contribution in [3.8, 4) is 5.75 Å². The predicted octanol–water partition coefficient (Wildman–Crippen LogP) is 2.59. The minimum atomic E-state index is 0.166. The summed E-state index contributed by atoms with van der Waals surface area (Å²) in [6.45, 7) is 8.68. The Morgan fingerprint density at radius 3 is 2.60 bits per heavy atom. The van der Waals surface area contributed by atoms with Crippen molar-refractivity contribution >= 4 is 11.4 Å². The molecule has 2 rings (SSSR count). The van der Waals surface area contributed by atoms with E-state index < -0.39 is 0 Å². The van der Waals surface area contributed by atoms with Gasteiger partial charge in [-0.3, -0.25) is 0 Å². The topological polar surface area (TPSA) is 41.7 Å². The van der Waals surface area contributed by atoms with Crippen LogP contribution in [0.3, 0.4) is 0 Å². The molecule has 0 aromatic heterocycles. The summed E-state index contributed by atoms with van der Waals surface area (Å²) in [4.78, 5) is 4.77. The van der Waals surface area contributed by atoms with E-state index in [9.17, 15) is 0 Å². The van der Waals surface area contributed by atoms with Crippen molar-refractivity contribution in [3.63, 3.8) is 0 Å². The molecule has 1 aliphatic heterocycles. The largest absolute Gasteiger partial charge is 0.491 e. The molecule has 1 aromatic carbocycles. The van der Waals surface area contributed by atoms with Crippen LogP contribution < -0.4 is 15.4 Å². The fourth-order valence-corrected chi connectivity index (χ4v) is 2.59. The number of likely N-dealkylation sites (N-methyl/N-ethyl adjacent to an activating group) is 1. The molecule has 20 heavy (non-hydrogen) atoms. The summed E-state index contributed by atoms with van der Waals surface area (Å²) in [6.07, 6.45) is 2.85. The predicted molar refractivity (Wildman–Crippen MR) is 85.6 cm³/mol. The van der Waals surface area contributed by atoms with E-state index in [-0.39, 0.29) is 6.10 Å². The summed E-state index contributed by atoms with van der Waals surface area (Å²) in [5, 5.41) is 0. The summed E-state index contributed by atoms with van der Waals surface area (Å²) >= 11 is 0. The second-order valence-electron chi connectivity index (χ2n) is 5.90. The van der Waals surface area contributed by atoms with Crippen molar-refractivity contribution in [3.05, 3.63) is 18.2 Å². The van der Waals surface area contributed by atoms with E-state index in [1.165, 1.54) is 25.9 Å².